The zero-order chi connectivity index (χ0) is 21.1. The average Bonchev–Trinajstić information content (AvgIpc) is 3.13. The van der Waals surface area contributed by atoms with Crippen LogP contribution in [0.25, 0.3) is 0 Å². The van der Waals surface area contributed by atoms with Gasteiger partial charge in [-0.2, -0.15) is 16.9 Å². The maximum absolute atomic E-state index is 14.0. The van der Waals surface area contributed by atoms with Crippen molar-refractivity contribution < 1.29 is 13.6 Å². The summed E-state index contributed by atoms with van der Waals surface area (Å²) >= 11 is 1.86. The number of carbonyl (C=O) groups excluding carboxylic acids is 1. The second-order valence-corrected chi connectivity index (χ2v) is 8.91. The number of allylic oxidation sites excluding steroid dienone is 1. The van der Waals surface area contributed by atoms with Crippen molar-refractivity contribution in [1.29, 1.82) is 0 Å². The molecule has 1 N–H and O–H groups in total. The number of amides is 1. The summed E-state index contributed by atoms with van der Waals surface area (Å²) in [4.78, 5) is 15.0. The summed E-state index contributed by atoms with van der Waals surface area (Å²) in [6.45, 7) is 6.11. The molecular weight excluding hydrogens is 406 g/mol. The molecule has 1 amide bonds. The number of fused-ring (bicyclic) bond motifs is 1. The molecule has 1 aliphatic carbocycles. The first kappa shape index (κ1) is 21.1. The number of hydrogen-bond acceptors (Lipinski definition) is 4. The standard InChI is InChI=1S/C22H26F2N4OS/c1-2-8-28-19-7-6-16(25-14-15-4-3-5-18(23)20(15)24)13-17(19)21(26-28)22(29)27-9-11-30-12-10-27/h2-5,16,25H,1,6-14H2/t16-/m0/s1. The van der Waals surface area contributed by atoms with E-state index in [1.807, 2.05) is 21.3 Å². The van der Waals surface area contributed by atoms with Gasteiger partial charge in [0.1, 0.15) is 0 Å². The topological polar surface area (TPSA) is 50.2 Å². The highest BCUT2D eigenvalue weighted by Gasteiger charge is 2.31. The Morgan fingerprint density at radius 3 is 2.90 bits per heavy atom. The maximum Gasteiger partial charge on any atom is 0.274 e. The average molecular weight is 433 g/mol. The highest BCUT2D eigenvalue weighted by Crippen LogP contribution is 2.27. The van der Waals surface area contributed by atoms with Crippen LogP contribution in [0.5, 0.6) is 0 Å². The summed E-state index contributed by atoms with van der Waals surface area (Å²) in [5.74, 6) is 0.249. The second-order valence-electron chi connectivity index (χ2n) is 7.68. The number of carbonyl (C=O) groups is 1. The van der Waals surface area contributed by atoms with Gasteiger partial charge in [0.25, 0.3) is 5.91 Å². The highest BCUT2D eigenvalue weighted by molar-refractivity contribution is 7.99. The van der Waals surface area contributed by atoms with Gasteiger partial charge in [0.2, 0.25) is 0 Å². The molecular formula is C22H26F2N4OS. The predicted molar refractivity (Wildman–Crippen MR) is 115 cm³/mol. The summed E-state index contributed by atoms with van der Waals surface area (Å²) in [5.41, 5.74) is 2.90. The Bertz CT molecular complexity index is 939. The Morgan fingerprint density at radius 1 is 1.33 bits per heavy atom. The molecule has 5 nitrogen and oxygen atoms in total. The van der Waals surface area contributed by atoms with Crippen LogP contribution in [0, 0.1) is 11.6 Å². The molecule has 1 fully saturated rings. The number of rotatable bonds is 6. The summed E-state index contributed by atoms with van der Waals surface area (Å²) in [5, 5.41) is 7.99. The number of nitrogens with one attached hydrogen (secondary N) is 1. The zero-order valence-corrected chi connectivity index (χ0v) is 17.7. The van der Waals surface area contributed by atoms with E-state index >= 15 is 0 Å². The molecule has 8 heteroatoms. The molecule has 0 spiro atoms. The summed E-state index contributed by atoms with van der Waals surface area (Å²) in [6, 6.07) is 4.30. The molecule has 0 bridgehead atoms. The molecule has 2 aliphatic rings. The molecule has 1 saturated heterocycles. The van der Waals surface area contributed by atoms with Gasteiger partial charge in [0.05, 0.1) is 6.54 Å². The van der Waals surface area contributed by atoms with E-state index < -0.39 is 11.6 Å². The Hall–Kier alpha value is -2.19. The minimum absolute atomic E-state index is 0.00816. The quantitative estimate of drug-likeness (QED) is 0.713. The van der Waals surface area contributed by atoms with Crippen LogP contribution in [0.4, 0.5) is 8.78 Å². The van der Waals surface area contributed by atoms with Crippen LogP contribution in [0.3, 0.4) is 0 Å². The fourth-order valence-electron chi connectivity index (χ4n) is 4.16. The van der Waals surface area contributed by atoms with Crippen molar-refractivity contribution in [2.75, 3.05) is 24.6 Å². The van der Waals surface area contributed by atoms with Gasteiger partial charge in [0.15, 0.2) is 17.3 Å². The third-order valence-electron chi connectivity index (χ3n) is 5.76. The van der Waals surface area contributed by atoms with Gasteiger partial charge in [-0.05, 0) is 25.3 Å². The minimum atomic E-state index is -0.835. The van der Waals surface area contributed by atoms with Gasteiger partial charge in [-0.15, -0.1) is 6.58 Å². The van der Waals surface area contributed by atoms with Crippen LogP contribution < -0.4 is 5.32 Å². The van der Waals surface area contributed by atoms with Crippen LogP contribution in [-0.4, -0.2) is 51.2 Å². The van der Waals surface area contributed by atoms with E-state index in [2.05, 4.69) is 17.0 Å². The van der Waals surface area contributed by atoms with Crippen LogP contribution in [0.15, 0.2) is 30.9 Å². The summed E-state index contributed by atoms with van der Waals surface area (Å²) in [7, 11) is 0. The van der Waals surface area contributed by atoms with E-state index in [1.165, 1.54) is 6.07 Å². The lowest BCUT2D eigenvalue weighted by Gasteiger charge is -2.27. The van der Waals surface area contributed by atoms with Crippen molar-refractivity contribution in [2.45, 2.75) is 38.4 Å². The molecule has 0 saturated carbocycles. The highest BCUT2D eigenvalue weighted by atomic mass is 32.2. The van der Waals surface area contributed by atoms with Gasteiger partial charge in [-0.25, -0.2) is 8.78 Å². The van der Waals surface area contributed by atoms with E-state index in [9.17, 15) is 13.6 Å². The monoisotopic (exact) mass is 432 g/mol. The van der Waals surface area contributed by atoms with Crippen molar-refractivity contribution in [3.8, 4) is 0 Å². The van der Waals surface area contributed by atoms with Gasteiger partial charge in [0, 0.05) is 54.0 Å². The molecule has 160 valence electrons. The van der Waals surface area contributed by atoms with Gasteiger partial charge < -0.3 is 10.2 Å². The first-order valence-electron chi connectivity index (χ1n) is 10.3. The number of nitrogens with zero attached hydrogens (tertiary/aromatic N) is 3. The lowest BCUT2D eigenvalue weighted by molar-refractivity contribution is 0.0764. The van der Waals surface area contributed by atoms with Crippen molar-refractivity contribution in [3.05, 3.63) is 65.0 Å². The minimum Gasteiger partial charge on any atom is -0.336 e. The third kappa shape index (κ3) is 4.30. The molecule has 2 heterocycles. The molecule has 2 aromatic rings. The van der Waals surface area contributed by atoms with Gasteiger partial charge in [-0.3, -0.25) is 9.48 Å². The number of thioether (sulfide) groups is 1. The zero-order valence-electron chi connectivity index (χ0n) is 16.9. The molecule has 1 aliphatic heterocycles. The normalized spacial score (nSPS) is 18.9. The van der Waals surface area contributed by atoms with Crippen molar-refractivity contribution in [2.24, 2.45) is 0 Å². The first-order chi connectivity index (χ1) is 14.6. The maximum atomic E-state index is 14.0. The molecule has 30 heavy (non-hydrogen) atoms. The largest absolute Gasteiger partial charge is 0.336 e. The Balaban J connectivity index is 1.52. The molecule has 1 atom stereocenters. The molecule has 4 rings (SSSR count). The Kier molecular flexibility index (Phi) is 6.53. The Morgan fingerprint density at radius 2 is 2.13 bits per heavy atom. The van der Waals surface area contributed by atoms with Crippen LogP contribution in [0.2, 0.25) is 0 Å². The lowest BCUT2D eigenvalue weighted by Crippen LogP contribution is -2.39. The molecule has 1 aromatic carbocycles. The molecule has 0 unspecified atom stereocenters. The van der Waals surface area contributed by atoms with E-state index in [0.29, 0.717) is 24.2 Å². The van der Waals surface area contributed by atoms with Gasteiger partial charge in [-0.1, -0.05) is 18.2 Å². The van der Waals surface area contributed by atoms with Crippen molar-refractivity contribution in [3.63, 3.8) is 0 Å². The Labute approximate surface area is 179 Å². The molecule has 1 aromatic heterocycles. The van der Waals surface area contributed by atoms with Crippen molar-refractivity contribution >= 4 is 17.7 Å². The predicted octanol–water partition coefficient (Wildman–Crippen LogP) is 3.18. The van der Waals surface area contributed by atoms with Crippen LogP contribution >= 0.6 is 11.8 Å². The van der Waals surface area contributed by atoms with Gasteiger partial charge >= 0.3 is 0 Å². The number of aromatic nitrogens is 2. The fraction of sp³-hybridized carbons (Fsp3) is 0.455. The summed E-state index contributed by atoms with van der Waals surface area (Å²) < 4.78 is 29.3. The second kappa shape index (κ2) is 9.31. The van der Waals surface area contributed by atoms with E-state index in [0.717, 1.165) is 54.8 Å². The third-order valence-corrected chi connectivity index (χ3v) is 6.70. The van der Waals surface area contributed by atoms with Crippen molar-refractivity contribution in [1.82, 2.24) is 20.0 Å². The number of hydrogen-bond donors (Lipinski definition) is 1. The van der Waals surface area contributed by atoms with E-state index in [-0.39, 0.29) is 18.5 Å². The fourth-order valence-corrected chi connectivity index (χ4v) is 5.07. The molecule has 0 radical (unpaired) electrons. The van der Waals surface area contributed by atoms with Crippen LogP contribution in [0.1, 0.15) is 33.7 Å². The first-order valence-corrected chi connectivity index (χ1v) is 11.5. The smallest absolute Gasteiger partial charge is 0.274 e. The van der Waals surface area contributed by atoms with Crippen LogP contribution in [-0.2, 0) is 25.9 Å². The van der Waals surface area contributed by atoms with E-state index in [4.69, 9.17) is 0 Å². The summed E-state index contributed by atoms with van der Waals surface area (Å²) in [6.07, 6.45) is 4.06. The lowest BCUT2D eigenvalue weighted by atomic mass is 9.90. The number of halogens is 2. The number of benzene rings is 1. The SMILES string of the molecule is C=CCn1nc(C(=O)N2CCSCC2)c2c1CC[C@H](NCc1cccc(F)c1F)C2. The van der Waals surface area contributed by atoms with E-state index in [1.54, 1.807) is 12.1 Å².